The van der Waals surface area contributed by atoms with Gasteiger partial charge in [0.25, 0.3) is 0 Å². The Morgan fingerprint density at radius 1 is 1.18 bits per heavy atom. The van der Waals surface area contributed by atoms with Crippen LogP contribution in [0, 0.1) is 11.2 Å². The van der Waals surface area contributed by atoms with Crippen LogP contribution in [0.5, 0.6) is 0 Å². The number of likely N-dealkylation sites (tertiary alicyclic amines) is 1. The third-order valence-corrected chi connectivity index (χ3v) is 8.67. The molecule has 2 amide bonds. The van der Waals surface area contributed by atoms with Gasteiger partial charge in [0.05, 0.1) is 11.1 Å². The number of anilines is 1. The first-order chi connectivity index (χ1) is 18.0. The van der Waals surface area contributed by atoms with Gasteiger partial charge in [-0.2, -0.15) is 0 Å². The summed E-state index contributed by atoms with van der Waals surface area (Å²) in [7, 11) is 0. The Bertz CT molecular complexity index is 1240. The number of halogens is 3. The van der Waals surface area contributed by atoms with Crippen LogP contribution >= 0.6 is 23.2 Å². The average Bonchev–Trinajstić information content (AvgIpc) is 3.53. The molecule has 2 aromatic rings. The van der Waals surface area contributed by atoms with Gasteiger partial charge < -0.3 is 20.9 Å². The Balaban J connectivity index is 1.62. The highest BCUT2D eigenvalue weighted by atomic mass is 35.5. The highest BCUT2D eigenvalue weighted by Crippen LogP contribution is 2.57. The number of nitrogens with one attached hydrogen (secondary N) is 3. The molecule has 3 N–H and O–H groups in total. The Labute approximate surface area is 233 Å². The van der Waals surface area contributed by atoms with Gasteiger partial charge in [0.15, 0.2) is 0 Å². The number of amides is 2. The summed E-state index contributed by atoms with van der Waals surface area (Å²) in [5.41, 5.74) is 0.129. The molecule has 0 aliphatic carbocycles. The summed E-state index contributed by atoms with van der Waals surface area (Å²) in [5, 5.41) is 10.0. The molecule has 5 rings (SSSR count). The first-order valence-corrected chi connectivity index (χ1v) is 14.1. The van der Waals surface area contributed by atoms with E-state index in [0.29, 0.717) is 29.2 Å². The first-order valence-electron chi connectivity index (χ1n) is 13.3. The van der Waals surface area contributed by atoms with E-state index < -0.39 is 29.2 Å². The van der Waals surface area contributed by atoms with Crippen molar-refractivity contribution in [1.29, 1.82) is 0 Å². The second-order valence-electron chi connectivity index (χ2n) is 11.9. The average molecular weight is 562 g/mol. The van der Waals surface area contributed by atoms with Crippen LogP contribution in [0.15, 0.2) is 36.4 Å². The Morgan fingerprint density at radius 2 is 1.92 bits per heavy atom. The molecule has 0 aromatic heterocycles. The summed E-state index contributed by atoms with van der Waals surface area (Å²) in [6, 6.07) is 8.79. The molecule has 3 aliphatic heterocycles. The summed E-state index contributed by atoms with van der Waals surface area (Å²) >= 11 is 12.5. The fourth-order valence-corrected chi connectivity index (χ4v) is 6.96. The fourth-order valence-electron chi connectivity index (χ4n) is 6.61. The molecule has 2 saturated heterocycles. The van der Waals surface area contributed by atoms with E-state index in [1.54, 1.807) is 24.3 Å². The van der Waals surface area contributed by atoms with Crippen LogP contribution in [0.2, 0.25) is 10.0 Å². The Hall–Kier alpha value is -2.19. The number of benzene rings is 2. The van der Waals surface area contributed by atoms with Gasteiger partial charge in [-0.3, -0.25) is 9.59 Å². The van der Waals surface area contributed by atoms with Gasteiger partial charge in [-0.1, -0.05) is 62.2 Å². The van der Waals surface area contributed by atoms with E-state index in [0.717, 1.165) is 19.6 Å². The SMILES string of the molecule is CC(C)(C)CC1NC(C(=O)NCCN2CCCC2)C(c2cccc(Cl)c2F)C12C(=O)Nc1cc(Cl)ccc12. The fraction of sp³-hybridized carbons (Fsp3) is 0.517. The van der Waals surface area contributed by atoms with Crippen molar-refractivity contribution in [3.63, 3.8) is 0 Å². The molecule has 38 heavy (non-hydrogen) atoms. The van der Waals surface area contributed by atoms with Gasteiger partial charge in [0.2, 0.25) is 11.8 Å². The normalized spacial score (nSPS) is 27.1. The maximum atomic E-state index is 15.8. The second-order valence-corrected chi connectivity index (χ2v) is 12.8. The topological polar surface area (TPSA) is 73.5 Å². The van der Waals surface area contributed by atoms with E-state index >= 15 is 4.39 Å². The van der Waals surface area contributed by atoms with E-state index in [2.05, 4.69) is 41.6 Å². The summed E-state index contributed by atoms with van der Waals surface area (Å²) in [4.78, 5) is 30.3. The molecule has 0 saturated carbocycles. The van der Waals surface area contributed by atoms with Crippen molar-refractivity contribution in [2.75, 3.05) is 31.5 Å². The zero-order valence-corrected chi connectivity index (χ0v) is 23.6. The van der Waals surface area contributed by atoms with Gasteiger partial charge in [0.1, 0.15) is 11.2 Å². The highest BCUT2D eigenvalue weighted by molar-refractivity contribution is 6.31. The van der Waals surface area contributed by atoms with Gasteiger partial charge in [-0.25, -0.2) is 4.39 Å². The largest absolute Gasteiger partial charge is 0.353 e. The maximum absolute atomic E-state index is 15.8. The van der Waals surface area contributed by atoms with Crippen molar-refractivity contribution in [3.05, 3.63) is 63.4 Å². The van der Waals surface area contributed by atoms with E-state index in [-0.39, 0.29) is 27.8 Å². The standard InChI is InChI=1S/C29H35Cl2FN4O2/c1-28(2,3)16-22-29(19-10-9-17(30)15-21(19)34-27(29)38)23(18-7-6-8-20(31)24(18)32)25(35-22)26(37)33-11-14-36-12-4-5-13-36/h6-10,15,22-23,25,35H,4-5,11-14,16H2,1-3H3,(H,33,37)(H,34,38). The summed E-state index contributed by atoms with van der Waals surface area (Å²) in [5.74, 6) is -1.96. The minimum Gasteiger partial charge on any atom is -0.353 e. The van der Waals surface area contributed by atoms with Crippen molar-refractivity contribution in [2.45, 2.75) is 63.5 Å². The molecule has 3 aliphatic rings. The van der Waals surface area contributed by atoms with E-state index in [9.17, 15) is 9.59 Å². The number of carbonyl (C=O) groups is 2. The molecule has 0 bridgehead atoms. The van der Waals surface area contributed by atoms with Crippen LogP contribution in [0.3, 0.4) is 0 Å². The van der Waals surface area contributed by atoms with E-state index in [1.165, 1.54) is 18.9 Å². The minimum absolute atomic E-state index is 0.0418. The quantitative estimate of drug-likeness (QED) is 0.459. The number of fused-ring (bicyclic) bond motifs is 2. The number of nitrogens with zero attached hydrogens (tertiary/aromatic N) is 1. The molecule has 2 aromatic carbocycles. The third-order valence-electron chi connectivity index (χ3n) is 8.15. The molecule has 1 spiro atoms. The van der Waals surface area contributed by atoms with Crippen molar-refractivity contribution in [1.82, 2.24) is 15.5 Å². The Kier molecular flexibility index (Phi) is 7.50. The van der Waals surface area contributed by atoms with Crippen molar-refractivity contribution in [2.24, 2.45) is 5.41 Å². The van der Waals surface area contributed by atoms with Crippen LogP contribution in [-0.2, 0) is 15.0 Å². The number of rotatable bonds is 6. The third kappa shape index (κ3) is 4.83. The summed E-state index contributed by atoms with van der Waals surface area (Å²) < 4.78 is 15.8. The molecule has 2 fully saturated rings. The van der Waals surface area contributed by atoms with Crippen LogP contribution in [0.4, 0.5) is 10.1 Å². The molecule has 4 atom stereocenters. The predicted molar refractivity (Wildman–Crippen MR) is 149 cm³/mol. The minimum atomic E-state index is -1.24. The second kappa shape index (κ2) is 10.4. The molecule has 0 radical (unpaired) electrons. The predicted octanol–water partition coefficient (Wildman–Crippen LogP) is 5.09. The molecule has 204 valence electrons. The molecular formula is C29H35Cl2FN4O2. The van der Waals surface area contributed by atoms with Gasteiger partial charge in [-0.15, -0.1) is 0 Å². The first kappa shape index (κ1) is 27.4. The lowest BCUT2D eigenvalue weighted by Crippen LogP contribution is -2.49. The number of carbonyl (C=O) groups excluding carboxylic acids is 2. The highest BCUT2D eigenvalue weighted by Gasteiger charge is 2.66. The van der Waals surface area contributed by atoms with Crippen LogP contribution < -0.4 is 16.0 Å². The van der Waals surface area contributed by atoms with Crippen molar-refractivity contribution >= 4 is 40.7 Å². The molecular weight excluding hydrogens is 526 g/mol. The van der Waals surface area contributed by atoms with Crippen molar-refractivity contribution in [3.8, 4) is 0 Å². The smallest absolute Gasteiger partial charge is 0.237 e. The molecule has 3 heterocycles. The number of hydrogen-bond acceptors (Lipinski definition) is 4. The lowest BCUT2D eigenvalue weighted by Gasteiger charge is -2.37. The Morgan fingerprint density at radius 3 is 2.63 bits per heavy atom. The summed E-state index contributed by atoms with van der Waals surface area (Å²) in [6.45, 7) is 9.59. The van der Waals surface area contributed by atoms with E-state index in [1.807, 2.05) is 6.07 Å². The van der Waals surface area contributed by atoms with Crippen LogP contribution in [0.25, 0.3) is 0 Å². The lowest BCUT2D eigenvalue weighted by molar-refractivity contribution is -0.123. The van der Waals surface area contributed by atoms with Crippen LogP contribution in [-0.4, -0.2) is 55.0 Å². The van der Waals surface area contributed by atoms with E-state index in [4.69, 9.17) is 23.2 Å². The molecule has 4 unspecified atom stereocenters. The van der Waals surface area contributed by atoms with Gasteiger partial charge >= 0.3 is 0 Å². The zero-order valence-electron chi connectivity index (χ0n) is 22.0. The summed E-state index contributed by atoms with van der Waals surface area (Å²) in [6.07, 6.45) is 2.92. The van der Waals surface area contributed by atoms with Crippen LogP contribution in [0.1, 0.15) is 57.1 Å². The van der Waals surface area contributed by atoms with Gasteiger partial charge in [0, 0.05) is 35.8 Å². The lowest BCUT2D eigenvalue weighted by atomic mass is 9.62. The molecule has 6 nitrogen and oxygen atoms in total. The van der Waals surface area contributed by atoms with Gasteiger partial charge in [-0.05, 0) is 67.1 Å². The monoisotopic (exact) mass is 560 g/mol. The number of hydrogen-bond donors (Lipinski definition) is 3. The maximum Gasteiger partial charge on any atom is 0.237 e. The van der Waals surface area contributed by atoms with Crippen molar-refractivity contribution < 1.29 is 14.0 Å². The molecule has 9 heteroatoms. The zero-order chi connectivity index (χ0) is 27.2.